The minimum atomic E-state index is -1.09. The van der Waals surface area contributed by atoms with Crippen LogP contribution in [-0.2, 0) is 4.74 Å². The fourth-order valence-electron chi connectivity index (χ4n) is 0.718. The Morgan fingerprint density at radius 2 is 1.70 bits per heavy atom. The second-order valence-electron chi connectivity index (χ2n) is 3.51. The van der Waals surface area contributed by atoms with E-state index in [1.807, 2.05) is 13.8 Å². The van der Waals surface area contributed by atoms with Crippen LogP contribution in [0.15, 0.2) is 0 Å². The lowest BCUT2D eigenvalue weighted by atomic mass is 10.1. The Balaban J connectivity index is 3.89. The Hall–Kier alpha value is -0.120. The molecule has 0 aliphatic heterocycles. The van der Waals surface area contributed by atoms with Gasteiger partial charge in [0.1, 0.15) is 0 Å². The molecular formula is C7H17NO2. The summed E-state index contributed by atoms with van der Waals surface area (Å²) in [6.45, 7) is 7.25. The highest BCUT2D eigenvalue weighted by Crippen LogP contribution is 2.15. The summed E-state index contributed by atoms with van der Waals surface area (Å²) in [5, 5.41) is 9.21. The molecule has 0 bridgehead atoms. The van der Waals surface area contributed by atoms with E-state index in [0.717, 1.165) is 0 Å². The van der Waals surface area contributed by atoms with Gasteiger partial charge < -0.3 is 15.6 Å². The van der Waals surface area contributed by atoms with Gasteiger partial charge in [-0.15, -0.1) is 0 Å². The minimum absolute atomic E-state index is 0.400. The van der Waals surface area contributed by atoms with Gasteiger partial charge in [0.25, 0.3) is 0 Å². The monoisotopic (exact) mass is 147 g/mol. The largest absolute Gasteiger partial charge is 0.366 e. The molecule has 3 nitrogen and oxygen atoms in total. The van der Waals surface area contributed by atoms with E-state index in [9.17, 15) is 5.11 Å². The Kier molecular flexibility index (Phi) is 2.83. The predicted molar refractivity (Wildman–Crippen MR) is 40.5 cm³/mol. The Labute approximate surface area is 62.2 Å². The molecule has 0 aromatic heterocycles. The Bertz CT molecular complexity index is 105. The van der Waals surface area contributed by atoms with Crippen molar-refractivity contribution < 1.29 is 9.84 Å². The third kappa shape index (κ3) is 4.73. The van der Waals surface area contributed by atoms with Crippen LogP contribution >= 0.6 is 0 Å². The molecule has 3 N–H and O–H groups in total. The van der Waals surface area contributed by atoms with E-state index in [4.69, 9.17) is 10.5 Å². The maximum absolute atomic E-state index is 9.21. The Morgan fingerprint density at radius 1 is 1.30 bits per heavy atom. The standard InChI is InChI=1S/C7H17NO2/c1-6(2,5-8)10-7(3,4)9/h9H,5,8H2,1-4H3. The summed E-state index contributed by atoms with van der Waals surface area (Å²) >= 11 is 0. The fraction of sp³-hybridized carbons (Fsp3) is 1.00. The lowest BCUT2D eigenvalue weighted by molar-refractivity contribution is -0.232. The lowest BCUT2D eigenvalue weighted by Gasteiger charge is -2.31. The first kappa shape index (κ1) is 9.88. The van der Waals surface area contributed by atoms with Crippen LogP contribution in [0.1, 0.15) is 27.7 Å². The molecule has 0 heterocycles. The van der Waals surface area contributed by atoms with Gasteiger partial charge in [-0.2, -0.15) is 0 Å². The van der Waals surface area contributed by atoms with E-state index in [2.05, 4.69) is 0 Å². The number of nitrogens with two attached hydrogens (primary N) is 1. The number of hydrogen-bond acceptors (Lipinski definition) is 3. The molecule has 0 amide bonds. The zero-order chi connectivity index (χ0) is 8.41. The fourth-order valence-corrected chi connectivity index (χ4v) is 0.718. The summed E-state index contributed by atoms with van der Waals surface area (Å²) in [6.07, 6.45) is 0. The summed E-state index contributed by atoms with van der Waals surface area (Å²) in [7, 11) is 0. The maximum Gasteiger partial charge on any atom is 0.160 e. The Morgan fingerprint density at radius 3 is 1.80 bits per heavy atom. The van der Waals surface area contributed by atoms with Crippen molar-refractivity contribution in [3.05, 3.63) is 0 Å². The number of hydrogen-bond donors (Lipinski definition) is 2. The van der Waals surface area contributed by atoms with Crippen LogP contribution in [0.25, 0.3) is 0 Å². The molecule has 0 rings (SSSR count). The topological polar surface area (TPSA) is 55.5 Å². The summed E-state index contributed by atoms with van der Waals surface area (Å²) in [6, 6.07) is 0. The molecule has 0 aliphatic carbocycles. The third-order valence-electron chi connectivity index (χ3n) is 1.02. The quantitative estimate of drug-likeness (QED) is 0.570. The van der Waals surface area contributed by atoms with Crippen molar-refractivity contribution in [2.75, 3.05) is 6.54 Å². The van der Waals surface area contributed by atoms with Crippen molar-refractivity contribution in [1.29, 1.82) is 0 Å². The van der Waals surface area contributed by atoms with E-state index in [1.54, 1.807) is 13.8 Å². The zero-order valence-corrected chi connectivity index (χ0v) is 7.14. The smallest absolute Gasteiger partial charge is 0.160 e. The highest BCUT2D eigenvalue weighted by atomic mass is 16.6. The molecule has 62 valence electrons. The molecule has 0 aromatic carbocycles. The van der Waals surface area contributed by atoms with Gasteiger partial charge in [-0.05, 0) is 27.7 Å². The first-order valence-electron chi connectivity index (χ1n) is 3.39. The summed E-state index contributed by atoms with van der Waals surface area (Å²) in [5.74, 6) is -1.09. The van der Waals surface area contributed by atoms with Crippen LogP contribution < -0.4 is 5.73 Å². The van der Waals surface area contributed by atoms with E-state index in [0.29, 0.717) is 6.54 Å². The van der Waals surface area contributed by atoms with Gasteiger partial charge in [-0.3, -0.25) is 0 Å². The highest BCUT2D eigenvalue weighted by Gasteiger charge is 2.25. The van der Waals surface area contributed by atoms with Crippen LogP contribution in [0, 0.1) is 0 Å². The van der Waals surface area contributed by atoms with Gasteiger partial charge in [0.2, 0.25) is 0 Å². The van der Waals surface area contributed by atoms with Gasteiger partial charge >= 0.3 is 0 Å². The van der Waals surface area contributed by atoms with Crippen LogP contribution in [0.2, 0.25) is 0 Å². The van der Waals surface area contributed by atoms with E-state index in [1.165, 1.54) is 0 Å². The average Bonchev–Trinajstić information content (AvgIpc) is 1.60. The molecule has 0 atom stereocenters. The molecule has 0 spiro atoms. The number of aliphatic hydroxyl groups is 1. The molecule has 0 radical (unpaired) electrons. The first-order valence-corrected chi connectivity index (χ1v) is 3.39. The summed E-state index contributed by atoms with van der Waals surface area (Å²) in [5.41, 5.74) is 4.93. The van der Waals surface area contributed by atoms with E-state index in [-0.39, 0.29) is 0 Å². The molecule has 10 heavy (non-hydrogen) atoms. The van der Waals surface area contributed by atoms with Crippen molar-refractivity contribution in [3.63, 3.8) is 0 Å². The minimum Gasteiger partial charge on any atom is -0.366 e. The number of rotatable bonds is 3. The van der Waals surface area contributed by atoms with Crippen LogP contribution in [-0.4, -0.2) is 23.0 Å². The molecule has 0 saturated carbocycles. The van der Waals surface area contributed by atoms with Crippen LogP contribution in [0.3, 0.4) is 0 Å². The van der Waals surface area contributed by atoms with Gasteiger partial charge in [0, 0.05) is 6.54 Å². The third-order valence-corrected chi connectivity index (χ3v) is 1.02. The highest BCUT2D eigenvalue weighted by molar-refractivity contribution is 4.71. The normalized spacial score (nSPS) is 13.8. The van der Waals surface area contributed by atoms with E-state index < -0.39 is 11.4 Å². The molecule has 0 fully saturated rings. The van der Waals surface area contributed by atoms with Crippen molar-refractivity contribution in [2.24, 2.45) is 5.73 Å². The molecule has 3 heteroatoms. The van der Waals surface area contributed by atoms with Gasteiger partial charge in [0.15, 0.2) is 5.79 Å². The van der Waals surface area contributed by atoms with Crippen LogP contribution in [0.5, 0.6) is 0 Å². The number of ether oxygens (including phenoxy) is 1. The van der Waals surface area contributed by atoms with Crippen molar-refractivity contribution >= 4 is 0 Å². The van der Waals surface area contributed by atoms with E-state index >= 15 is 0 Å². The second-order valence-corrected chi connectivity index (χ2v) is 3.51. The van der Waals surface area contributed by atoms with Gasteiger partial charge in [-0.25, -0.2) is 0 Å². The summed E-state index contributed by atoms with van der Waals surface area (Å²) < 4.78 is 5.20. The second kappa shape index (κ2) is 2.86. The first-order chi connectivity index (χ1) is 4.27. The molecular weight excluding hydrogens is 130 g/mol. The average molecular weight is 147 g/mol. The van der Waals surface area contributed by atoms with Crippen molar-refractivity contribution in [2.45, 2.75) is 39.1 Å². The van der Waals surface area contributed by atoms with Gasteiger partial charge in [0.05, 0.1) is 5.60 Å². The SMILES string of the molecule is CC(C)(O)OC(C)(C)CN. The summed E-state index contributed by atoms with van der Waals surface area (Å²) in [4.78, 5) is 0. The predicted octanol–water partition coefficient (Wildman–Crippen LogP) is 0.469. The molecule has 0 aromatic rings. The molecule has 0 saturated heterocycles. The molecule has 0 unspecified atom stereocenters. The van der Waals surface area contributed by atoms with Crippen molar-refractivity contribution in [3.8, 4) is 0 Å². The maximum atomic E-state index is 9.21. The zero-order valence-electron chi connectivity index (χ0n) is 7.14. The van der Waals surface area contributed by atoms with Crippen molar-refractivity contribution in [1.82, 2.24) is 0 Å². The molecule has 0 aliphatic rings. The van der Waals surface area contributed by atoms with Gasteiger partial charge in [-0.1, -0.05) is 0 Å². The lowest BCUT2D eigenvalue weighted by Crippen LogP contribution is -2.42. The van der Waals surface area contributed by atoms with Crippen LogP contribution in [0.4, 0.5) is 0 Å².